The van der Waals surface area contributed by atoms with Gasteiger partial charge in [0.2, 0.25) is 0 Å². The lowest BCUT2D eigenvalue weighted by molar-refractivity contribution is 0.318. The maximum absolute atomic E-state index is 5.48. The molecule has 1 unspecified atom stereocenters. The van der Waals surface area contributed by atoms with Crippen LogP contribution in [0.2, 0.25) is 0 Å². The first-order chi connectivity index (χ1) is 6.75. The van der Waals surface area contributed by atoms with E-state index in [-0.39, 0.29) is 0 Å². The first kappa shape index (κ1) is 12.7. The second-order valence-electron chi connectivity index (χ2n) is 5.76. The average Bonchev–Trinajstić information content (AvgIpc) is 2.39. The normalized spacial score (nSPS) is 24.7. The SMILES string of the molecule is C=C(C)C1CN(C(=S)C(C)C)CC1(C)C. The fraction of sp³-hybridized carbons (Fsp3) is 0.769. The lowest BCUT2D eigenvalue weighted by atomic mass is 9.78. The van der Waals surface area contributed by atoms with Gasteiger partial charge in [-0.1, -0.05) is 52.1 Å². The number of rotatable bonds is 2. The predicted octanol–water partition coefficient (Wildman–Crippen LogP) is 3.50. The standard InChI is InChI=1S/C13H23NS/c1-9(2)11-7-14(8-13(11,5)6)12(15)10(3)4/h10-11H,1,7-8H2,2-6H3. The molecule has 86 valence electrons. The van der Waals surface area contributed by atoms with Crippen molar-refractivity contribution >= 4 is 17.2 Å². The molecule has 0 radical (unpaired) electrons. The van der Waals surface area contributed by atoms with Crippen LogP contribution in [0.4, 0.5) is 0 Å². The van der Waals surface area contributed by atoms with E-state index in [0.717, 1.165) is 18.1 Å². The molecule has 2 heteroatoms. The van der Waals surface area contributed by atoms with E-state index in [2.05, 4.69) is 46.1 Å². The predicted molar refractivity (Wildman–Crippen MR) is 71.1 cm³/mol. The van der Waals surface area contributed by atoms with Crippen LogP contribution in [0.15, 0.2) is 12.2 Å². The van der Waals surface area contributed by atoms with E-state index >= 15 is 0 Å². The Hall–Kier alpha value is -0.370. The quantitative estimate of drug-likeness (QED) is 0.523. The van der Waals surface area contributed by atoms with Gasteiger partial charge in [-0.2, -0.15) is 0 Å². The van der Waals surface area contributed by atoms with Gasteiger partial charge in [0, 0.05) is 24.9 Å². The molecule has 0 bridgehead atoms. The van der Waals surface area contributed by atoms with Crippen LogP contribution in [-0.2, 0) is 0 Å². The summed E-state index contributed by atoms with van der Waals surface area (Å²) in [7, 11) is 0. The van der Waals surface area contributed by atoms with Crippen LogP contribution in [0, 0.1) is 17.3 Å². The van der Waals surface area contributed by atoms with Crippen LogP contribution in [0.25, 0.3) is 0 Å². The zero-order chi connectivity index (χ0) is 11.8. The Morgan fingerprint density at radius 2 is 2.00 bits per heavy atom. The minimum Gasteiger partial charge on any atom is -0.365 e. The second kappa shape index (κ2) is 4.25. The molecule has 1 aliphatic heterocycles. The third-order valence-corrected chi connectivity index (χ3v) is 4.07. The fourth-order valence-corrected chi connectivity index (χ4v) is 2.63. The molecule has 0 aromatic rings. The molecule has 0 amide bonds. The van der Waals surface area contributed by atoms with Gasteiger partial charge in [0.05, 0.1) is 4.99 Å². The lowest BCUT2D eigenvalue weighted by Gasteiger charge is -2.25. The highest BCUT2D eigenvalue weighted by atomic mass is 32.1. The Labute approximate surface area is 99.5 Å². The van der Waals surface area contributed by atoms with E-state index in [9.17, 15) is 0 Å². The largest absolute Gasteiger partial charge is 0.365 e. The summed E-state index contributed by atoms with van der Waals surface area (Å²) in [5.74, 6) is 1.05. The van der Waals surface area contributed by atoms with Gasteiger partial charge in [0.25, 0.3) is 0 Å². The van der Waals surface area contributed by atoms with Crippen molar-refractivity contribution in [3.8, 4) is 0 Å². The van der Waals surface area contributed by atoms with Gasteiger partial charge >= 0.3 is 0 Å². The molecule has 0 aromatic carbocycles. The van der Waals surface area contributed by atoms with Crippen LogP contribution in [-0.4, -0.2) is 23.0 Å². The van der Waals surface area contributed by atoms with E-state index in [1.165, 1.54) is 5.57 Å². The molecule has 0 spiro atoms. The smallest absolute Gasteiger partial charge is 0.0805 e. The fourth-order valence-electron chi connectivity index (χ4n) is 2.49. The molecular formula is C13H23NS. The summed E-state index contributed by atoms with van der Waals surface area (Å²) in [5, 5.41) is 0. The Morgan fingerprint density at radius 1 is 1.47 bits per heavy atom. The molecule has 1 saturated heterocycles. The summed E-state index contributed by atoms with van der Waals surface area (Å²) in [6, 6.07) is 0. The van der Waals surface area contributed by atoms with Crippen LogP contribution >= 0.6 is 12.2 Å². The van der Waals surface area contributed by atoms with E-state index in [4.69, 9.17) is 12.2 Å². The zero-order valence-electron chi connectivity index (χ0n) is 10.6. The number of thiocarbonyl (C=S) groups is 1. The lowest BCUT2D eigenvalue weighted by Crippen LogP contribution is -2.31. The molecule has 0 N–H and O–H groups in total. The number of hydrogen-bond donors (Lipinski definition) is 0. The van der Waals surface area contributed by atoms with Gasteiger partial charge < -0.3 is 4.90 Å². The highest BCUT2D eigenvalue weighted by molar-refractivity contribution is 7.80. The van der Waals surface area contributed by atoms with Crippen molar-refractivity contribution < 1.29 is 0 Å². The first-order valence-corrected chi connectivity index (χ1v) is 6.10. The van der Waals surface area contributed by atoms with Crippen molar-refractivity contribution in [2.45, 2.75) is 34.6 Å². The van der Waals surface area contributed by atoms with Gasteiger partial charge in [-0.25, -0.2) is 0 Å². The maximum Gasteiger partial charge on any atom is 0.0805 e. The highest BCUT2D eigenvalue weighted by Crippen LogP contribution is 2.39. The van der Waals surface area contributed by atoms with Crippen molar-refractivity contribution in [2.24, 2.45) is 17.3 Å². The molecule has 15 heavy (non-hydrogen) atoms. The van der Waals surface area contributed by atoms with Crippen LogP contribution < -0.4 is 0 Å². The zero-order valence-corrected chi connectivity index (χ0v) is 11.4. The van der Waals surface area contributed by atoms with Crippen molar-refractivity contribution in [3.05, 3.63) is 12.2 Å². The van der Waals surface area contributed by atoms with E-state index in [0.29, 0.717) is 17.3 Å². The summed E-state index contributed by atoms with van der Waals surface area (Å²) in [6.07, 6.45) is 0. The Bertz CT molecular complexity index is 278. The topological polar surface area (TPSA) is 3.24 Å². The Morgan fingerprint density at radius 3 is 2.33 bits per heavy atom. The minimum absolute atomic E-state index is 0.310. The van der Waals surface area contributed by atoms with Crippen molar-refractivity contribution in [2.75, 3.05) is 13.1 Å². The van der Waals surface area contributed by atoms with Gasteiger partial charge in [0.15, 0.2) is 0 Å². The summed E-state index contributed by atoms with van der Waals surface area (Å²) in [6.45, 7) is 17.3. The van der Waals surface area contributed by atoms with Crippen molar-refractivity contribution in [3.63, 3.8) is 0 Å². The molecule has 1 heterocycles. The van der Waals surface area contributed by atoms with E-state index in [1.807, 2.05) is 0 Å². The van der Waals surface area contributed by atoms with Crippen LogP contribution in [0.1, 0.15) is 34.6 Å². The minimum atomic E-state index is 0.310. The maximum atomic E-state index is 5.48. The summed E-state index contributed by atoms with van der Waals surface area (Å²) in [4.78, 5) is 3.46. The number of nitrogens with zero attached hydrogens (tertiary/aromatic N) is 1. The third-order valence-electron chi connectivity index (χ3n) is 3.35. The van der Waals surface area contributed by atoms with E-state index in [1.54, 1.807) is 0 Å². The summed E-state index contributed by atoms with van der Waals surface area (Å²) < 4.78 is 0. The summed E-state index contributed by atoms with van der Waals surface area (Å²) in [5.41, 5.74) is 1.60. The molecule has 0 aliphatic carbocycles. The number of hydrogen-bond acceptors (Lipinski definition) is 1. The molecule has 1 fully saturated rings. The molecule has 1 atom stereocenters. The summed E-state index contributed by atoms with van der Waals surface area (Å²) >= 11 is 5.48. The van der Waals surface area contributed by atoms with Crippen LogP contribution in [0.3, 0.4) is 0 Å². The molecule has 1 rings (SSSR count). The molecule has 1 nitrogen and oxygen atoms in total. The Kier molecular flexibility index (Phi) is 3.59. The van der Waals surface area contributed by atoms with E-state index < -0.39 is 0 Å². The van der Waals surface area contributed by atoms with Crippen LogP contribution in [0.5, 0.6) is 0 Å². The molecule has 0 aromatic heterocycles. The van der Waals surface area contributed by atoms with Gasteiger partial charge in [-0.05, 0) is 12.3 Å². The number of likely N-dealkylation sites (tertiary alicyclic amines) is 1. The van der Waals surface area contributed by atoms with Crippen molar-refractivity contribution in [1.82, 2.24) is 4.90 Å². The monoisotopic (exact) mass is 225 g/mol. The van der Waals surface area contributed by atoms with Gasteiger partial charge in [-0.15, -0.1) is 0 Å². The van der Waals surface area contributed by atoms with Gasteiger partial charge in [0.1, 0.15) is 0 Å². The first-order valence-electron chi connectivity index (χ1n) is 5.70. The highest BCUT2D eigenvalue weighted by Gasteiger charge is 2.40. The molecular weight excluding hydrogens is 202 g/mol. The van der Waals surface area contributed by atoms with Gasteiger partial charge in [-0.3, -0.25) is 0 Å². The Balaban J connectivity index is 2.78. The molecule has 1 aliphatic rings. The second-order valence-corrected chi connectivity index (χ2v) is 6.18. The average molecular weight is 225 g/mol. The third kappa shape index (κ3) is 2.60. The van der Waals surface area contributed by atoms with Crippen molar-refractivity contribution in [1.29, 1.82) is 0 Å². The molecule has 0 saturated carbocycles.